The first-order valence-corrected chi connectivity index (χ1v) is 11.3. The highest BCUT2D eigenvalue weighted by Crippen LogP contribution is 2.21. The zero-order valence-corrected chi connectivity index (χ0v) is 20.1. The van der Waals surface area contributed by atoms with Gasteiger partial charge in [-0.05, 0) is 42.8 Å². The lowest BCUT2D eigenvalue weighted by Crippen LogP contribution is -2.32. The molecule has 0 fully saturated rings. The van der Waals surface area contributed by atoms with E-state index in [-0.39, 0.29) is 11.4 Å². The zero-order chi connectivity index (χ0) is 24.5. The molecule has 0 spiro atoms. The Hall–Kier alpha value is -3.42. The molecule has 1 aromatic heterocycles. The van der Waals surface area contributed by atoms with Crippen LogP contribution in [0.4, 0.5) is 10.1 Å². The van der Waals surface area contributed by atoms with Gasteiger partial charge in [-0.25, -0.2) is 4.39 Å². The van der Waals surface area contributed by atoms with E-state index in [1.165, 1.54) is 12.1 Å². The fourth-order valence-corrected chi connectivity index (χ4v) is 3.89. The van der Waals surface area contributed by atoms with Gasteiger partial charge >= 0.3 is 0 Å². The van der Waals surface area contributed by atoms with Crippen LogP contribution in [0, 0.1) is 12.7 Å². The molecule has 0 saturated carbocycles. The van der Waals surface area contributed by atoms with Crippen LogP contribution in [0.15, 0.2) is 78.2 Å². The quantitative estimate of drug-likeness (QED) is 0.399. The summed E-state index contributed by atoms with van der Waals surface area (Å²) in [6.45, 7) is 8.47. The number of nitrogens with one attached hydrogen (secondary N) is 1. The third kappa shape index (κ3) is 6.79. The maximum absolute atomic E-state index is 13.6. The van der Waals surface area contributed by atoms with E-state index in [1.54, 1.807) is 30.0 Å². The Kier molecular flexibility index (Phi) is 9.01. The average molecular weight is 465 g/mol. The number of hydrogen-bond donors (Lipinski definition) is 1. The molecule has 2 aromatic carbocycles. The SMILES string of the molecule is C=CN(Cc1ccccc1)Nc1cc(=O)n(CCOC)c(CN(C)Cc2cccc(F)c2)c1C. The number of methoxy groups -OCH3 is 1. The summed E-state index contributed by atoms with van der Waals surface area (Å²) in [5.74, 6) is -0.256. The van der Waals surface area contributed by atoms with Crippen molar-refractivity contribution >= 4 is 5.69 Å². The van der Waals surface area contributed by atoms with Crippen LogP contribution in [-0.2, 0) is 30.9 Å². The van der Waals surface area contributed by atoms with Crippen LogP contribution in [0.25, 0.3) is 0 Å². The van der Waals surface area contributed by atoms with Crippen molar-refractivity contribution in [3.05, 3.63) is 112 Å². The lowest BCUT2D eigenvalue weighted by molar-refractivity contribution is 0.183. The standard InChI is InChI=1S/C27H33FN4O2/c1-5-31(19-22-10-7-6-8-11-22)29-25-17-27(33)32(14-15-34-4)26(21(25)2)20-30(3)18-23-12-9-13-24(28)16-23/h5-13,16-17,29H,1,14-15,18-20H2,2-4H3. The molecule has 0 unspecified atom stereocenters. The van der Waals surface area contributed by atoms with Crippen LogP contribution in [-0.4, -0.2) is 35.2 Å². The largest absolute Gasteiger partial charge is 0.383 e. The van der Waals surface area contributed by atoms with Crippen LogP contribution < -0.4 is 11.0 Å². The summed E-state index contributed by atoms with van der Waals surface area (Å²) in [7, 11) is 3.58. The van der Waals surface area contributed by atoms with Gasteiger partial charge in [0.15, 0.2) is 0 Å². The van der Waals surface area contributed by atoms with Gasteiger partial charge in [-0.2, -0.15) is 0 Å². The predicted octanol–water partition coefficient (Wildman–Crippen LogP) is 4.55. The Balaban J connectivity index is 1.87. The summed E-state index contributed by atoms with van der Waals surface area (Å²) in [5.41, 5.74) is 7.80. The molecule has 3 aromatic rings. The molecule has 180 valence electrons. The molecule has 3 rings (SSSR count). The van der Waals surface area contributed by atoms with Crippen LogP contribution in [0.5, 0.6) is 0 Å². The van der Waals surface area contributed by atoms with Crippen molar-refractivity contribution in [2.24, 2.45) is 0 Å². The molecule has 34 heavy (non-hydrogen) atoms. The summed E-state index contributed by atoms with van der Waals surface area (Å²) >= 11 is 0. The number of nitrogens with zero attached hydrogens (tertiary/aromatic N) is 3. The van der Waals surface area contributed by atoms with Crippen molar-refractivity contribution in [2.45, 2.75) is 33.1 Å². The number of rotatable bonds is 12. The highest BCUT2D eigenvalue weighted by atomic mass is 19.1. The summed E-state index contributed by atoms with van der Waals surface area (Å²) in [6, 6.07) is 18.2. The van der Waals surface area contributed by atoms with Crippen molar-refractivity contribution < 1.29 is 9.13 Å². The Morgan fingerprint density at radius 2 is 1.79 bits per heavy atom. The van der Waals surface area contributed by atoms with E-state index < -0.39 is 0 Å². The number of anilines is 1. The van der Waals surface area contributed by atoms with Gasteiger partial charge in [0.1, 0.15) is 5.82 Å². The minimum Gasteiger partial charge on any atom is -0.383 e. The molecular formula is C27H33FN4O2. The summed E-state index contributed by atoms with van der Waals surface area (Å²) < 4.78 is 20.6. The molecule has 0 saturated heterocycles. The van der Waals surface area contributed by atoms with Crippen molar-refractivity contribution in [1.29, 1.82) is 0 Å². The van der Waals surface area contributed by atoms with Gasteiger partial charge < -0.3 is 9.30 Å². The minimum atomic E-state index is -0.256. The average Bonchev–Trinajstić information content (AvgIpc) is 2.82. The van der Waals surface area contributed by atoms with E-state index in [9.17, 15) is 9.18 Å². The van der Waals surface area contributed by atoms with Crippen LogP contribution in [0.3, 0.4) is 0 Å². The Morgan fingerprint density at radius 1 is 1.06 bits per heavy atom. The number of pyridine rings is 1. The molecule has 6 nitrogen and oxygen atoms in total. The second-order valence-corrected chi connectivity index (χ2v) is 8.32. The number of benzene rings is 2. The molecule has 0 aliphatic rings. The van der Waals surface area contributed by atoms with Crippen LogP contribution in [0.1, 0.15) is 22.4 Å². The predicted molar refractivity (Wildman–Crippen MR) is 135 cm³/mol. The first kappa shape index (κ1) is 25.2. The van der Waals surface area contributed by atoms with Gasteiger partial charge in [0.05, 0.1) is 18.8 Å². The van der Waals surface area contributed by atoms with E-state index in [0.717, 1.165) is 28.1 Å². The molecule has 0 radical (unpaired) electrons. The molecule has 1 N–H and O–H groups in total. The number of hydrazine groups is 1. The van der Waals surface area contributed by atoms with Crippen molar-refractivity contribution in [3.8, 4) is 0 Å². The third-order valence-corrected chi connectivity index (χ3v) is 5.66. The molecule has 0 bridgehead atoms. The highest BCUT2D eigenvalue weighted by Gasteiger charge is 2.16. The van der Waals surface area contributed by atoms with E-state index in [2.05, 4.69) is 16.9 Å². The molecule has 0 atom stereocenters. The Labute approximate surface area is 200 Å². The van der Waals surface area contributed by atoms with Crippen molar-refractivity contribution in [3.63, 3.8) is 0 Å². The molecule has 0 aliphatic carbocycles. The zero-order valence-electron chi connectivity index (χ0n) is 20.1. The summed E-state index contributed by atoms with van der Waals surface area (Å²) in [5, 5.41) is 1.86. The maximum Gasteiger partial charge on any atom is 0.253 e. The van der Waals surface area contributed by atoms with E-state index in [0.29, 0.717) is 32.8 Å². The maximum atomic E-state index is 13.6. The molecule has 0 aliphatic heterocycles. The van der Waals surface area contributed by atoms with E-state index in [1.807, 2.05) is 55.4 Å². The van der Waals surface area contributed by atoms with Gasteiger partial charge in [0, 0.05) is 44.7 Å². The Morgan fingerprint density at radius 3 is 2.47 bits per heavy atom. The summed E-state index contributed by atoms with van der Waals surface area (Å²) in [6.07, 6.45) is 1.71. The Bertz CT molecular complexity index is 1150. The van der Waals surface area contributed by atoms with Crippen molar-refractivity contribution in [2.75, 3.05) is 26.2 Å². The van der Waals surface area contributed by atoms with Gasteiger partial charge in [-0.1, -0.05) is 49.0 Å². The van der Waals surface area contributed by atoms with Gasteiger partial charge in [0.2, 0.25) is 0 Å². The van der Waals surface area contributed by atoms with Crippen LogP contribution in [0.2, 0.25) is 0 Å². The monoisotopic (exact) mass is 464 g/mol. The third-order valence-electron chi connectivity index (χ3n) is 5.66. The number of ether oxygens (including phenoxy) is 1. The van der Waals surface area contributed by atoms with Gasteiger partial charge in [-0.15, -0.1) is 0 Å². The lowest BCUT2D eigenvalue weighted by Gasteiger charge is -2.27. The van der Waals surface area contributed by atoms with Gasteiger partial charge in [-0.3, -0.25) is 20.1 Å². The topological polar surface area (TPSA) is 49.7 Å². The first-order chi connectivity index (χ1) is 16.4. The van der Waals surface area contributed by atoms with Crippen molar-refractivity contribution in [1.82, 2.24) is 14.5 Å². The molecular weight excluding hydrogens is 431 g/mol. The number of hydrogen-bond acceptors (Lipinski definition) is 5. The second-order valence-electron chi connectivity index (χ2n) is 8.32. The molecule has 7 heteroatoms. The minimum absolute atomic E-state index is 0.108. The molecule has 0 amide bonds. The van der Waals surface area contributed by atoms with E-state index >= 15 is 0 Å². The normalized spacial score (nSPS) is 11.0. The second kappa shape index (κ2) is 12.2. The first-order valence-electron chi connectivity index (χ1n) is 11.3. The number of aromatic nitrogens is 1. The number of halogens is 1. The highest BCUT2D eigenvalue weighted by molar-refractivity contribution is 5.51. The fraction of sp³-hybridized carbons (Fsp3) is 0.296. The van der Waals surface area contributed by atoms with E-state index in [4.69, 9.17) is 4.74 Å². The fourth-order valence-electron chi connectivity index (χ4n) is 3.89. The lowest BCUT2D eigenvalue weighted by atomic mass is 10.1. The summed E-state index contributed by atoms with van der Waals surface area (Å²) in [4.78, 5) is 15.2. The molecule has 1 heterocycles. The smallest absolute Gasteiger partial charge is 0.253 e. The van der Waals surface area contributed by atoms with Crippen LogP contribution >= 0.6 is 0 Å². The van der Waals surface area contributed by atoms with Gasteiger partial charge in [0.25, 0.3) is 5.56 Å².